The molecule has 2 N–H and O–H groups in total. The van der Waals surface area contributed by atoms with Crippen molar-refractivity contribution >= 4 is 11.6 Å². The fraction of sp³-hybridized carbons (Fsp3) is 0.227. The Kier molecular flexibility index (Phi) is 5.20. The fourth-order valence-corrected chi connectivity index (χ4v) is 3.70. The second kappa shape index (κ2) is 7.95. The molecule has 0 spiro atoms. The standard InChI is InChI=1S/C22H19F2N3O2/c23-14-8-9-18(19(24)12-14)21(28)25-15-5-3-4-13(10-15)11-20-16-6-1-2-7-17(16)22(29)27-26-20/h3-5,8-10,12H,1-2,6-7,11H2,(H,25,28)(H,27,29). The molecule has 148 valence electrons. The molecule has 0 fully saturated rings. The van der Waals surface area contributed by atoms with Crippen LogP contribution in [0, 0.1) is 11.6 Å². The zero-order valence-corrected chi connectivity index (χ0v) is 15.6. The highest BCUT2D eigenvalue weighted by Gasteiger charge is 2.18. The van der Waals surface area contributed by atoms with Crippen molar-refractivity contribution in [2.24, 2.45) is 0 Å². The van der Waals surface area contributed by atoms with Gasteiger partial charge in [0.1, 0.15) is 11.6 Å². The first-order chi connectivity index (χ1) is 14.0. The van der Waals surface area contributed by atoms with Crippen LogP contribution < -0.4 is 10.9 Å². The van der Waals surface area contributed by atoms with E-state index in [1.165, 1.54) is 0 Å². The van der Waals surface area contributed by atoms with E-state index in [2.05, 4.69) is 15.5 Å². The maximum atomic E-state index is 13.8. The van der Waals surface area contributed by atoms with E-state index in [0.717, 1.165) is 60.2 Å². The van der Waals surface area contributed by atoms with Crippen LogP contribution in [0.1, 0.15) is 45.6 Å². The number of hydrogen-bond acceptors (Lipinski definition) is 3. The molecule has 0 saturated heterocycles. The van der Waals surface area contributed by atoms with E-state index in [-0.39, 0.29) is 11.1 Å². The lowest BCUT2D eigenvalue weighted by molar-refractivity contribution is 0.102. The second-order valence-electron chi connectivity index (χ2n) is 7.12. The summed E-state index contributed by atoms with van der Waals surface area (Å²) in [5.74, 6) is -2.31. The lowest BCUT2D eigenvalue weighted by atomic mass is 9.90. The molecule has 0 atom stereocenters. The predicted octanol–water partition coefficient (Wildman–Crippen LogP) is 3.77. The van der Waals surface area contributed by atoms with Gasteiger partial charge in [0.15, 0.2) is 0 Å². The summed E-state index contributed by atoms with van der Waals surface area (Å²) in [6.45, 7) is 0. The van der Waals surface area contributed by atoms with E-state index in [9.17, 15) is 18.4 Å². The van der Waals surface area contributed by atoms with Crippen molar-refractivity contribution in [1.29, 1.82) is 0 Å². The van der Waals surface area contributed by atoms with Crippen LogP contribution >= 0.6 is 0 Å². The van der Waals surface area contributed by atoms with Crippen molar-refractivity contribution in [3.63, 3.8) is 0 Å². The Morgan fingerprint density at radius 3 is 2.66 bits per heavy atom. The molecule has 4 rings (SSSR count). The number of rotatable bonds is 4. The Morgan fingerprint density at radius 1 is 1.07 bits per heavy atom. The third kappa shape index (κ3) is 4.08. The molecule has 3 aromatic rings. The summed E-state index contributed by atoms with van der Waals surface area (Å²) in [4.78, 5) is 24.3. The van der Waals surface area contributed by atoms with Crippen molar-refractivity contribution in [2.75, 3.05) is 5.32 Å². The topological polar surface area (TPSA) is 74.8 Å². The molecule has 0 saturated carbocycles. The van der Waals surface area contributed by atoms with Crippen molar-refractivity contribution in [3.05, 3.63) is 92.4 Å². The molecule has 0 aliphatic heterocycles. The quantitative estimate of drug-likeness (QED) is 0.706. The minimum absolute atomic E-state index is 0.120. The van der Waals surface area contributed by atoms with Gasteiger partial charge in [-0.15, -0.1) is 0 Å². The van der Waals surface area contributed by atoms with E-state index in [1.54, 1.807) is 18.2 Å². The third-order valence-electron chi connectivity index (χ3n) is 5.11. The summed E-state index contributed by atoms with van der Waals surface area (Å²) in [6, 6.07) is 9.98. The minimum atomic E-state index is -0.914. The fourth-order valence-electron chi connectivity index (χ4n) is 3.70. The Morgan fingerprint density at radius 2 is 1.86 bits per heavy atom. The van der Waals surface area contributed by atoms with Crippen LogP contribution in [0.25, 0.3) is 0 Å². The number of benzene rings is 2. The highest BCUT2D eigenvalue weighted by atomic mass is 19.1. The summed E-state index contributed by atoms with van der Waals surface area (Å²) < 4.78 is 26.9. The molecule has 5 nitrogen and oxygen atoms in total. The Labute approximate surface area is 165 Å². The molecule has 0 unspecified atom stereocenters. The number of fused-ring (bicyclic) bond motifs is 1. The number of halogens is 2. The van der Waals surface area contributed by atoms with Gasteiger partial charge in [0, 0.05) is 23.7 Å². The Bertz CT molecular complexity index is 1140. The molecule has 0 radical (unpaired) electrons. The highest BCUT2D eigenvalue weighted by molar-refractivity contribution is 6.04. The van der Waals surface area contributed by atoms with Crippen LogP contribution in [0.15, 0.2) is 47.3 Å². The van der Waals surface area contributed by atoms with Crippen molar-refractivity contribution in [3.8, 4) is 0 Å². The van der Waals surface area contributed by atoms with Crippen LogP contribution in [-0.4, -0.2) is 16.1 Å². The van der Waals surface area contributed by atoms with Gasteiger partial charge in [-0.1, -0.05) is 12.1 Å². The average Bonchev–Trinajstić information content (AvgIpc) is 2.70. The number of nitrogens with zero attached hydrogens (tertiary/aromatic N) is 1. The van der Waals surface area contributed by atoms with Gasteiger partial charge in [0.2, 0.25) is 0 Å². The molecule has 7 heteroatoms. The van der Waals surface area contributed by atoms with E-state index >= 15 is 0 Å². The Balaban J connectivity index is 1.55. The number of nitrogens with one attached hydrogen (secondary N) is 2. The number of anilines is 1. The predicted molar refractivity (Wildman–Crippen MR) is 105 cm³/mol. The van der Waals surface area contributed by atoms with Gasteiger partial charge in [-0.05, 0) is 61.1 Å². The van der Waals surface area contributed by atoms with Crippen LogP contribution in [0.5, 0.6) is 0 Å². The molecule has 1 aliphatic carbocycles. The minimum Gasteiger partial charge on any atom is -0.322 e. The summed E-state index contributed by atoms with van der Waals surface area (Å²) in [6.07, 6.45) is 4.14. The zero-order chi connectivity index (χ0) is 20.4. The van der Waals surface area contributed by atoms with Crippen LogP contribution in [-0.2, 0) is 19.3 Å². The molecule has 1 aromatic heterocycles. The van der Waals surface area contributed by atoms with Gasteiger partial charge in [-0.25, -0.2) is 13.9 Å². The first-order valence-electron chi connectivity index (χ1n) is 9.46. The van der Waals surface area contributed by atoms with Crippen molar-refractivity contribution in [1.82, 2.24) is 10.2 Å². The smallest absolute Gasteiger partial charge is 0.267 e. The first kappa shape index (κ1) is 19.0. The Hall–Kier alpha value is -3.35. The molecule has 1 amide bonds. The zero-order valence-electron chi connectivity index (χ0n) is 15.6. The molecule has 0 bridgehead atoms. The van der Waals surface area contributed by atoms with Gasteiger partial charge in [0.05, 0.1) is 11.3 Å². The lowest BCUT2D eigenvalue weighted by Crippen LogP contribution is -2.23. The first-order valence-corrected chi connectivity index (χ1v) is 9.46. The summed E-state index contributed by atoms with van der Waals surface area (Å²) >= 11 is 0. The summed E-state index contributed by atoms with van der Waals surface area (Å²) in [7, 11) is 0. The molecule has 29 heavy (non-hydrogen) atoms. The number of carbonyl (C=O) groups excluding carboxylic acids is 1. The monoisotopic (exact) mass is 395 g/mol. The van der Waals surface area contributed by atoms with E-state index in [0.29, 0.717) is 18.2 Å². The molecule has 2 aromatic carbocycles. The molecular formula is C22H19F2N3O2. The maximum absolute atomic E-state index is 13.8. The van der Waals surface area contributed by atoms with Crippen molar-refractivity contribution < 1.29 is 13.6 Å². The van der Waals surface area contributed by atoms with Gasteiger partial charge >= 0.3 is 0 Å². The van der Waals surface area contributed by atoms with Crippen LogP contribution in [0.4, 0.5) is 14.5 Å². The lowest BCUT2D eigenvalue weighted by Gasteiger charge is -2.17. The van der Waals surface area contributed by atoms with Crippen molar-refractivity contribution in [2.45, 2.75) is 32.1 Å². The summed E-state index contributed by atoms with van der Waals surface area (Å²) in [5, 5.41) is 9.45. The SMILES string of the molecule is O=C(Nc1cccc(Cc2n[nH]c(=O)c3c2CCCC3)c1)c1ccc(F)cc1F. The number of aromatic amines is 1. The number of H-pyrrole nitrogens is 1. The molecule has 1 aliphatic rings. The van der Waals surface area contributed by atoms with Gasteiger partial charge < -0.3 is 5.32 Å². The summed E-state index contributed by atoms with van der Waals surface area (Å²) in [5.41, 5.74) is 3.70. The van der Waals surface area contributed by atoms with Crippen LogP contribution in [0.2, 0.25) is 0 Å². The van der Waals surface area contributed by atoms with Gasteiger partial charge in [-0.3, -0.25) is 9.59 Å². The van der Waals surface area contributed by atoms with Crippen LogP contribution in [0.3, 0.4) is 0 Å². The maximum Gasteiger partial charge on any atom is 0.267 e. The van der Waals surface area contributed by atoms with E-state index in [1.807, 2.05) is 6.07 Å². The highest BCUT2D eigenvalue weighted by Crippen LogP contribution is 2.23. The number of carbonyl (C=O) groups is 1. The van der Waals surface area contributed by atoms with E-state index < -0.39 is 17.5 Å². The largest absolute Gasteiger partial charge is 0.322 e. The van der Waals surface area contributed by atoms with Gasteiger partial charge in [-0.2, -0.15) is 5.10 Å². The average molecular weight is 395 g/mol. The normalized spacial score (nSPS) is 13.0. The molecule has 1 heterocycles. The number of aromatic nitrogens is 2. The van der Waals surface area contributed by atoms with Gasteiger partial charge in [0.25, 0.3) is 11.5 Å². The van der Waals surface area contributed by atoms with E-state index in [4.69, 9.17) is 0 Å². The second-order valence-corrected chi connectivity index (χ2v) is 7.12. The number of amides is 1. The molecular weight excluding hydrogens is 376 g/mol. The number of hydrogen-bond donors (Lipinski definition) is 2. The third-order valence-corrected chi connectivity index (χ3v) is 5.11.